The molecule has 0 atom stereocenters. The number of hydrazine groups is 1. The molecule has 0 saturated heterocycles. The second kappa shape index (κ2) is 15.1. The molecule has 0 aliphatic rings. The molecule has 0 aliphatic carbocycles. The van der Waals surface area contributed by atoms with Crippen LogP contribution in [0.4, 0.5) is 5.69 Å². The normalized spacial score (nSPS) is 12.7. The Labute approximate surface area is 251 Å². The van der Waals surface area contributed by atoms with Crippen molar-refractivity contribution < 1.29 is 4.79 Å². The van der Waals surface area contributed by atoms with Gasteiger partial charge in [-0.15, -0.1) is 0 Å². The van der Waals surface area contributed by atoms with E-state index < -0.39 is 5.41 Å². The van der Waals surface area contributed by atoms with Crippen molar-refractivity contribution in [1.82, 2.24) is 24.9 Å². The molecule has 226 valence electrons. The first kappa shape index (κ1) is 33.9. The number of nitrogens with two attached hydrogens (primary N) is 2. The number of hydrogen-bond acceptors (Lipinski definition) is 8. The number of anilines is 1. The Kier molecular flexibility index (Phi) is 12.1. The second-order valence-corrected chi connectivity index (χ2v) is 11.3. The Morgan fingerprint density at radius 2 is 1.93 bits per heavy atom. The molecule has 0 saturated carbocycles. The summed E-state index contributed by atoms with van der Waals surface area (Å²) in [4.78, 5) is 17.7. The fourth-order valence-electron chi connectivity index (χ4n) is 4.09. The molecule has 2 rings (SSSR count). The van der Waals surface area contributed by atoms with Crippen LogP contribution in [0.3, 0.4) is 0 Å². The van der Waals surface area contributed by atoms with Gasteiger partial charge in [-0.25, -0.2) is 5.84 Å². The summed E-state index contributed by atoms with van der Waals surface area (Å²) in [5, 5.41) is 18.3. The minimum Gasteiger partial charge on any atom is -0.397 e. The van der Waals surface area contributed by atoms with Crippen LogP contribution in [0.1, 0.15) is 54.4 Å². The van der Waals surface area contributed by atoms with Gasteiger partial charge in [0.1, 0.15) is 0 Å². The second-order valence-electron chi connectivity index (χ2n) is 11.3. The SMILES string of the molecule is C=C/C(=C\C(=C/CC(C)(C)C#N)NC(=O)c1ccc(C)c(N(N)/C=C(\N)c2cnn(CC)c2C)c1)N(C)CCN(C)C. The predicted octanol–water partition coefficient (Wildman–Crippen LogP) is 4.27. The average molecular weight is 574 g/mol. The van der Waals surface area contributed by atoms with Crippen molar-refractivity contribution in [3.05, 3.63) is 89.2 Å². The summed E-state index contributed by atoms with van der Waals surface area (Å²) in [5.74, 6) is 6.11. The van der Waals surface area contributed by atoms with Gasteiger partial charge in [-0.05, 0) is 85.0 Å². The largest absolute Gasteiger partial charge is 0.397 e. The van der Waals surface area contributed by atoms with Crippen LogP contribution >= 0.6 is 0 Å². The number of aryl methyl sites for hydroxylation is 2. The van der Waals surface area contributed by atoms with Crippen LogP contribution in [0.15, 0.2) is 66.8 Å². The van der Waals surface area contributed by atoms with Crippen LogP contribution in [0.5, 0.6) is 0 Å². The number of hydrogen-bond donors (Lipinski definition) is 3. The van der Waals surface area contributed by atoms with Gasteiger partial charge >= 0.3 is 0 Å². The maximum absolute atomic E-state index is 13.5. The highest BCUT2D eigenvalue weighted by Gasteiger charge is 2.17. The van der Waals surface area contributed by atoms with Crippen LogP contribution in [-0.2, 0) is 6.54 Å². The standard InChI is InChI=1S/C32H47N9O/c1-10-27(39(9)17-16-38(7)8)19-26(14-15-32(5,6)22-33)37-31(42)25-13-12-23(3)30(18-25)40(35)21-29(34)28-20-36-41(11-2)24(28)4/h10,12-14,18-21H,1,11,15-17,34-35H2,2-9H3,(H,37,42)/b26-14+,27-19+,29-21-. The molecule has 10 heteroatoms. The highest BCUT2D eigenvalue weighted by Crippen LogP contribution is 2.24. The van der Waals surface area contributed by atoms with Gasteiger partial charge in [0.15, 0.2) is 0 Å². The lowest BCUT2D eigenvalue weighted by molar-refractivity contribution is 0.0967. The van der Waals surface area contributed by atoms with E-state index in [0.717, 1.165) is 42.2 Å². The molecule has 0 fully saturated rings. The van der Waals surface area contributed by atoms with Crippen molar-refractivity contribution >= 4 is 17.3 Å². The summed E-state index contributed by atoms with van der Waals surface area (Å²) >= 11 is 0. The first-order valence-electron chi connectivity index (χ1n) is 14.0. The zero-order chi connectivity index (χ0) is 31.6. The molecule has 42 heavy (non-hydrogen) atoms. The van der Waals surface area contributed by atoms with Crippen molar-refractivity contribution in [1.29, 1.82) is 5.26 Å². The lowest BCUT2D eigenvalue weighted by atomic mass is 9.91. The van der Waals surface area contributed by atoms with Gasteiger partial charge in [-0.2, -0.15) is 10.4 Å². The predicted molar refractivity (Wildman–Crippen MR) is 172 cm³/mol. The Balaban J connectivity index is 2.39. The van der Waals surface area contributed by atoms with Gasteiger partial charge in [-0.3, -0.25) is 14.5 Å². The Bertz CT molecular complexity index is 1390. The number of amides is 1. The van der Waals surface area contributed by atoms with Crippen molar-refractivity contribution in [2.45, 2.75) is 47.6 Å². The zero-order valence-electron chi connectivity index (χ0n) is 26.4. The van der Waals surface area contributed by atoms with E-state index in [1.165, 1.54) is 5.01 Å². The highest BCUT2D eigenvalue weighted by molar-refractivity contribution is 5.96. The van der Waals surface area contributed by atoms with E-state index in [0.29, 0.717) is 29.1 Å². The fraction of sp³-hybridized carbons (Fsp3) is 0.406. The number of aromatic nitrogens is 2. The van der Waals surface area contributed by atoms with Crippen LogP contribution in [-0.4, -0.2) is 59.7 Å². The number of nitrogens with one attached hydrogen (secondary N) is 1. The Hall–Kier alpha value is -4.33. The van der Waals surface area contributed by atoms with E-state index in [2.05, 4.69) is 32.9 Å². The van der Waals surface area contributed by atoms with Crippen molar-refractivity contribution in [3.63, 3.8) is 0 Å². The van der Waals surface area contributed by atoms with E-state index in [4.69, 9.17) is 11.6 Å². The number of rotatable bonds is 14. The number of allylic oxidation sites excluding steroid dienone is 3. The third kappa shape index (κ3) is 9.36. The Morgan fingerprint density at radius 1 is 1.24 bits per heavy atom. The lowest BCUT2D eigenvalue weighted by Gasteiger charge is -2.23. The first-order chi connectivity index (χ1) is 19.7. The molecule has 0 radical (unpaired) electrons. The summed E-state index contributed by atoms with van der Waals surface area (Å²) in [6.07, 6.45) is 9.31. The molecule has 1 heterocycles. The van der Waals surface area contributed by atoms with Crippen LogP contribution < -0.4 is 21.9 Å². The average Bonchev–Trinajstić information content (AvgIpc) is 3.33. The monoisotopic (exact) mass is 573 g/mol. The molecular weight excluding hydrogens is 526 g/mol. The van der Waals surface area contributed by atoms with Crippen molar-refractivity contribution in [2.75, 3.05) is 39.2 Å². The summed E-state index contributed by atoms with van der Waals surface area (Å²) in [7, 11) is 6.01. The third-order valence-electron chi connectivity index (χ3n) is 6.97. The van der Waals surface area contributed by atoms with Crippen LogP contribution in [0, 0.1) is 30.6 Å². The molecule has 1 amide bonds. The molecule has 0 spiro atoms. The smallest absolute Gasteiger partial charge is 0.255 e. The van der Waals surface area contributed by atoms with E-state index in [-0.39, 0.29) is 5.91 Å². The van der Waals surface area contributed by atoms with Gasteiger partial charge in [0.25, 0.3) is 5.91 Å². The molecule has 2 aromatic rings. The van der Waals surface area contributed by atoms with Gasteiger partial charge < -0.3 is 20.9 Å². The molecular formula is C32H47N9O. The van der Waals surface area contributed by atoms with E-state index >= 15 is 0 Å². The van der Waals surface area contributed by atoms with E-state index in [1.807, 2.05) is 78.7 Å². The maximum atomic E-state index is 13.5. The van der Waals surface area contributed by atoms with Crippen LogP contribution in [0.25, 0.3) is 5.70 Å². The van der Waals surface area contributed by atoms with Gasteiger partial charge in [-0.1, -0.05) is 18.7 Å². The number of nitriles is 1. The van der Waals surface area contributed by atoms with Gasteiger partial charge in [0, 0.05) is 61.1 Å². The molecule has 10 nitrogen and oxygen atoms in total. The summed E-state index contributed by atoms with van der Waals surface area (Å²) < 4.78 is 1.86. The minimum atomic E-state index is -0.593. The number of carbonyl (C=O) groups is 1. The lowest BCUT2D eigenvalue weighted by Crippen LogP contribution is -2.29. The van der Waals surface area contributed by atoms with Gasteiger partial charge in [0.05, 0.1) is 29.1 Å². The zero-order valence-corrected chi connectivity index (χ0v) is 26.4. The maximum Gasteiger partial charge on any atom is 0.255 e. The topological polar surface area (TPSA) is 132 Å². The number of carbonyl (C=O) groups excluding carboxylic acids is 1. The quantitative estimate of drug-likeness (QED) is 0.173. The van der Waals surface area contributed by atoms with Gasteiger partial charge in [0.2, 0.25) is 0 Å². The van der Waals surface area contributed by atoms with E-state index in [9.17, 15) is 10.1 Å². The third-order valence-corrected chi connectivity index (χ3v) is 6.97. The Morgan fingerprint density at radius 3 is 2.50 bits per heavy atom. The highest BCUT2D eigenvalue weighted by atomic mass is 16.1. The molecule has 0 unspecified atom stereocenters. The summed E-state index contributed by atoms with van der Waals surface area (Å²) in [6, 6.07) is 7.64. The summed E-state index contributed by atoms with van der Waals surface area (Å²) in [6.45, 7) is 15.9. The van der Waals surface area contributed by atoms with Crippen molar-refractivity contribution in [2.24, 2.45) is 17.0 Å². The fourth-order valence-corrected chi connectivity index (χ4v) is 4.09. The molecule has 5 N–H and O–H groups in total. The van der Waals surface area contributed by atoms with Crippen molar-refractivity contribution in [3.8, 4) is 6.07 Å². The number of nitrogens with zero attached hydrogens (tertiary/aromatic N) is 6. The molecule has 1 aromatic heterocycles. The number of benzene rings is 1. The van der Waals surface area contributed by atoms with Crippen LogP contribution in [0.2, 0.25) is 0 Å². The minimum absolute atomic E-state index is 0.307. The first-order valence-corrected chi connectivity index (χ1v) is 14.0. The summed E-state index contributed by atoms with van der Waals surface area (Å²) in [5.41, 5.74) is 11.4. The molecule has 0 bridgehead atoms. The number of likely N-dealkylation sites (N-methyl/N-ethyl adjacent to an activating group) is 2. The molecule has 1 aromatic carbocycles. The molecule has 0 aliphatic heterocycles. The van der Waals surface area contributed by atoms with E-state index in [1.54, 1.807) is 30.6 Å².